The van der Waals surface area contributed by atoms with Crippen LogP contribution in [0.2, 0.25) is 0 Å². The minimum Gasteiger partial charge on any atom is -0.438 e. The summed E-state index contributed by atoms with van der Waals surface area (Å²) < 4.78 is 35.5. The van der Waals surface area contributed by atoms with Crippen molar-refractivity contribution in [3.8, 4) is 17.4 Å². The van der Waals surface area contributed by atoms with Gasteiger partial charge < -0.3 is 10.1 Å². The first-order chi connectivity index (χ1) is 16.6. The highest BCUT2D eigenvalue weighted by Gasteiger charge is 2.17. The van der Waals surface area contributed by atoms with Crippen LogP contribution in [0.5, 0.6) is 11.6 Å². The van der Waals surface area contributed by atoms with Crippen LogP contribution in [0, 0.1) is 20.8 Å². The lowest BCUT2D eigenvalue weighted by Gasteiger charge is -2.09. The number of thiophene rings is 1. The molecule has 0 saturated carbocycles. The highest BCUT2D eigenvalue weighted by atomic mass is 32.2. The Morgan fingerprint density at radius 1 is 1.03 bits per heavy atom. The molecule has 0 fully saturated rings. The maximum atomic E-state index is 12.7. The minimum absolute atomic E-state index is 0.159. The van der Waals surface area contributed by atoms with Gasteiger partial charge in [-0.15, -0.1) is 21.5 Å². The van der Waals surface area contributed by atoms with E-state index in [-0.39, 0.29) is 16.7 Å². The first-order valence-electron chi connectivity index (χ1n) is 10.6. The van der Waals surface area contributed by atoms with Crippen LogP contribution in [0.4, 0.5) is 5.69 Å². The second kappa shape index (κ2) is 9.84. The predicted octanol–water partition coefficient (Wildman–Crippen LogP) is 3.88. The molecule has 0 radical (unpaired) electrons. The number of hydrogen-bond acceptors (Lipinski definition) is 8. The van der Waals surface area contributed by atoms with Crippen LogP contribution in [0.25, 0.3) is 5.82 Å². The Hall–Kier alpha value is -3.77. The van der Waals surface area contributed by atoms with Gasteiger partial charge in [0.25, 0.3) is 10.0 Å². The summed E-state index contributed by atoms with van der Waals surface area (Å²) in [5.74, 6) is 1.18. The first-order valence-corrected chi connectivity index (χ1v) is 12.9. The Bertz CT molecular complexity index is 1460. The Morgan fingerprint density at radius 3 is 2.37 bits per heavy atom. The number of sulfonamides is 1. The van der Waals surface area contributed by atoms with Crippen molar-refractivity contribution in [1.82, 2.24) is 25.3 Å². The van der Waals surface area contributed by atoms with Gasteiger partial charge in [0.2, 0.25) is 11.8 Å². The van der Waals surface area contributed by atoms with Crippen molar-refractivity contribution in [3.05, 3.63) is 70.4 Å². The van der Waals surface area contributed by atoms with Crippen LogP contribution in [0.3, 0.4) is 0 Å². The number of benzene rings is 1. The minimum atomic E-state index is -3.75. The van der Waals surface area contributed by atoms with Gasteiger partial charge in [-0.1, -0.05) is 0 Å². The van der Waals surface area contributed by atoms with Gasteiger partial charge in [-0.05, 0) is 68.8 Å². The number of carbonyl (C=O) groups is 1. The van der Waals surface area contributed by atoms with Gasteiger partial charge in [-0.2, -0.15) is 5.10 Å². The van der Waals surface area contributed by atoms with Gasteiger partial charge in [0.15, 0.2) is 5.82 Å². The fourth-order valence-electron chi connectivity index (χ4n) is 3.15. The summed E-state index contributed by atoms with van der Waals surface area (Å²) in [4.78, 5) is 11.8. The molecule has 10 nitrogen and oxygen atoms in total. The number of nitrogens with zero attached hydrogens (tertiary/aromatic N) is 4. The molecule has 35 heavy (non-hydrogen) atoms. The van der Waals surface area contributed by atoms with E-state index in [1.54, 1.807) is 47.1 Å². The van der Waals surface area contributed by atoms with Crippen LogP contribution < -0.4 is 14.8 Å². The van der Waals surface area contributed by atoms with Crippen molar-refractivity contribution in [2.45, 2.75) is 38.4 Å². The average Bonchev–Trinajstić information content (AvgIpc) is 3.41. The van der Waals surface area contributed by atoms with Crippen molar-refractivity contribution in [2.24, 2.45) is 0 Å². The summed E-state index contributed by atoms with van der Waals surface area (Å²) in [7, 11) is -3.75. The van der Waals surface area contributed by atoms with Gasteiger partial charge in [-0.3, -0.25) is 9.52 Å². The Morgan fingerprint density at radius 2 is 1.77 bits per heavy atom. The zero-order valence-corrected chi connectivity index (χ0v) is 21.2. The van der Waals surface area contributed by atoms with Crippen molar-refractivity contribution in [1.29, 1.82) is 0 Å². The summed E-state index contributed by atoms with van der Waals surface area (Å²) in [6, 6.07) is 13.1. The normalized spacial score (nSPS) is 11.3. The van der Waals surface area contributed by atoms with Gasteiger partial charge in [0.05, 0.1) is 12.2 Å². The number of ether oxygens (including phenoxy) is 1. The fraction of sp³-hybridized carbons (Fsp3) is 0.217. The molecule has 0 aliphatic rings. The van der Waals surface area contributed by atoms with Gasteiger partial charge in [-0.25, -0.2) is 13.1 Å². The smallest absolute Gasteiger partial charge is 0.271 e. The standard InChI is InChI=1S/C23H24N6O4S2/c1-14-15(2)27-29(16(14)3)21-10-11-22(26-25-21)33-19-7-5-18(6-8-19)28-35(31,32)23-12-9-20(34-23)13-24-17(4)30/h5-12,28H,13H2,1-4H3,(H,24,30). The molecule has 0 spiro atoms. The van der Waals surface area contributed by atoms with Crippen molar-refractivity contribution in [2.75, 3.05) is 4.72 Å². The summed E-state index contributed by atoms with van der Waals surface area (Å²) in [6.07, 6.45) is 0. The van der Waals surface area contributed by atoms with Crippen LogP contribution in [-0.4, -0.2) is 34.3 Å². The largest absolute Gasteiger partial charge is 0.438 e. The van der Waals surface area contributed by atoms with Crippen molar-refractivity contribution in [3.63, 3.8) is 0 Å². The van der Waals surface area contributed by atoms with Gasteiger partial charge >= 0.3 is 0 Å². The number of hydrogen-bond donors (Lipinski definition) is 2. The Balaban J connectivity index is 1.40. The monoisotopic (exact) mass is 512 g/mol. The molecule has 0 aliphatic carbocycles. The maximum Gasteiger partial charge on any atom is 0.271 e. The molecule has 0 aliphatic heterocycles. The van der Waals surface area contributed by atoms with E-state index in [1.165, 1.54) is 13.0 Å². The zero-order valence-electron chi connectivity index (χ0n) is 19.6. The van der Waals surface area contributed by atoms with E-state index in [0.717, 1.165) is 33.2 Å². The number of carbonyl (C=O) groups excluding carboxylic acids is 1. The molecule has 0 saturated heterocycles. The Kier molecular flexibility index (Phi) is 6.85. The van der Waals surface area contributed by atoms with E-state index in [0.29, 0.717) is 23.1 Å². The molecule has 3 heterocycles. The first kappa shape index (κ1) is 24.4. The summed E-state index contributed by atoms with van der Waals surface area (Å²) in [5, 5.41) is 15.4. The van der Waals surface area contributed by atoms with Crippen LogP contribution >= 0.6 is 11.3 Å². The lowest BCUT2D eigenvalue weighted by Crippen LogP contribution is -2.18. The SMILES string of the molecule is CC(=O)NCc1ccc(S(=O)(=O)Nc2ccc(Oc3ccc(-n4nc(C)c(C)c4C)nn3)cc2)s1. The topological polar surface area (TPSA) is 128 Å². The van der Waals surface area contributed by atoms with E-state index in [4.69, 9.17) is 4.74 Å². The maximum absolute atomic E-state index is 12.7. The molecule has 0 unspecified atom stereocenters. The number of anilines is 1. The third-order valence-electron chi connectivity index (χ3n) is 5.24. The van der Waals surface area contributed by atoms with Crippen LogP contribution in [-0.2, 0) is 21.4 Å². The third-order valence-corrected chi connectivity index (χ3v) is 8.20. The number of aromatic nitrogens is 4. The van der Waals surface area contributed by atoms with E-state index in [9.17, 15) is 13.2 Å². The van der Waals surface area contributed by atoms with Crippen molar-refractivity contribution < 1.29 is 17.9 Å². The number of amides is 1. The summed E-state index contributed by atoms with van der Waals surface area (Å²) in [5.41, 5.74) is 3.42. The number of nitrogens with one attached hydrogen (secondary N) is 2. The Labute approximate surface area is 207 Å². The fourth-order valence-corrected chi connectivity index (χ4v) is 5.50. The van der Waals surface area contributed by atoms with Crippen molar-refractivity contribution >= 4 is 33.0 Å². The average molecular weight is 513 g/mol. The molecule has 182 valence electrons. The molecule has 4 aromatic rings. The molecule has 0 atom stereocenters. The predicted molar refractivity (Wildman–Crippen MR) is 133 cm³/mol. The molecular weight excluding hydrogens is 488 g/mol. The highest BCUT2D eigenvalue weighted by Crippen LogP contribution is 2.26. The highest BCUT2D eigenvalue weighted by molar-refractivity contribution is 7.94. The third kappa shape index (κ3) is 5.66. The van der Waals surface area contributed by atoms with Crippen LogP contribution in [0.1, 0.15) is 28.8 Å². The zero-order chi connectivity index (χ0) is 25.2. The molecule has 1 aromatic carbocycles. The molecule has 1 amide bonds. The number of aryl methyl sites for hydroxylation is 1. The molecule has 12 heteroatoms. The van der Waals surface area contributed by atoms with Crippen LogP contribution in [0.15, 0.2) is 52.7 Å². The number of rotatable bonds is 8. The summed E-state index contributed by atoms with van der Waals surface area (Å²) in [6.45, 7) is 7.62. The lowest BCUT2D eigenvalue weighted by atomic mass is 10.2. The van der Waals surface area contributed by atoms with Gasteiger partial charge in [0, 0.05) is 29.2 Å². The molecule has 0 bridgehead atoms. The molecule has 3 aromatic heterocycles. The second-order valence-corrected chi connectivity index (χ2v) is 10.9. The van der Waals surface area contributed by atoms with E-state index in [1.807, 2.05) is 20.8 Å². The van der Waals surface area contributed by atoms with Gasteiger partial charge in [0.1, 0.15) is 9.96 Å². The van der Waals surface area contributed by atoms with E-state index < -0.39 is 10.0 Å². The van der Waals surface area contributed by atoms with E-state index >= 15 is 0 Å². The quantitative estimate of drug-likeness (QED) is 0.367. The molecular formula is C23H24N6O4S2. The lowest BCUT2D eigenvalue weighted by molar-refractivity contribution is -0.119. The molecule has 4 rings (SSSR count). The second-order valence-electron chi connectivity index (χ2n) is 7.80. The molecule has 2 N–H and O–H groups in total. The van der Waals surface area contributed by atoms with E-state index in [2.05, 4.69) is 25.3 Å². The summed E-state index contributed by atoms with van der Waals surface area (Å²) >= 11 is 1.10.